The van der Waals surface area contributed by atoms with E-state index in [-0.39, 0.29) is 23.5 Å². The van der Waals surface area contributed by atoms with Gasteiger partial charge in [0.2, 0.25) is 0 Å². The van der Waals surface area contributed by atoms with Crippen LogP contribution in [0.25, 0.3) is 0 Å². The number of quaternary nitrogens is 1. The number of nitrogens with one attached hydrogen (secondary N) is 2. The number of anilines is 2. The van der Waals surface area contributed by atoms with Gasteiger partial charge in [-0.3, -0.25) is 4.79 Å². The summed E-state index contributed by atoms with van der Waals surface area (Å²) in [5.41, 5.74) is 1.20. The molecule has 0 aromatic heterocycles. The van der Waals surface area contributed by atoms with Gasteiger partial charge in [0.25, 0.3) is 5.91 Å². The van der Waals surface area contributed by atoms with Gasteiger partial charge in [-0.1, -0.05) is 0 Å². The Morgan fingerprint density at radius 3 is 2.31 bits per heavy atom. The maximum absolute atomic E-state index is 13.3. The fraction of sp³-hybridized carbons (Fsp3) is 0.316. The topological polar surface area (TPSA) is 36.8 Å². The first kappa shape index (κ1) is 18.3. The van der Waals surface area contributed by atoms with Crippen LogP contribution >= 0.6 is 0 Å². The highest BCUT2D eigenvalue weighted by Gasteiger charge is 2.29. The third kappa shape index (κ3) is 4.16. The highest BCUT2D eigenvalue weighted by atomic mass is 19.2. The lowest BCUT2D eigenvalue weighted by Gasteiger charge is -2.36. The lowest BCUT2D eigenvalue weighted by atomic mass is 10.2. The van der Waals surface area contributed by atoms with Crippen molar-refractivity contribution < 1.29 is 22.9 Å². The van der Waals surface area contributed by atoms with Gasteiger partial charge in [0, 0.05) is 17.4 Å². The number of carbonyl (C=O) groups excluding carboxylic acids is 1. The van der Waals surface area contributed by atoms with E-state index >= 15 is 0 Å². The number of carbonyl (C=O) groups is 1. The van der Waals surface area contributed by atoms with Gasteiger partial charge in [-0.15, -0.1) is 0 Å². The molecule has 1 amide bonds. The molecule has 1 aliphatic heterocycles. The Hall–Kier alpha value is -2.54. The van der Waals surface area contributed by atoms with E-state index in [4.69, 9.17) is 0 Å². The van der Waals surface area contributed by atoms with Crippen molar-refractivity contribution in [2.75, 3.05) is 36.4 Å². The molecule has 1 aliphatic rings. The fourth-order valence-electron chi connectivity index (χ4n) is 3.15. The zero-order valence-electron chi connectivity index (χ0n) is 14.4. The second kappa shape index (κ2) is 7.78. The van der Waals surface area contributed by atoms with Gasteiger partial charge in [0.15, 0.2) is 17.7 Å². The quantitative estimate of drug-likeness (QED) is 0.869. The predicted octanol–water partition coefficient (Wildman–Crippen LogP) is 1.84. The molecule has 1 saturated heterocycles. The van der Waals surface area contributed by atoms with E-state index in [1.54, 1.807) is 12.1 Å². The van der Waals surface area contributed by atoms with Crippen LogP contribution < -0.4 is 15.1 Å². The number of nitrogens with zero attached hydrogens (tertiary/aromatic N) is 1. The van der Waals surface area contributed by atoms with Crippen LogP contribution in [0.4, 0.5) is 24.5 Å². The summed E-state index contributed by atoms with van der Waals surface area (Å²) in [6.07, 6.45) is 0. The average Bonchev–Trinajstić information content (AvgIpc) is 2.65. The molecule has 3 rings (SSSR count). The van der Waals surface area contributed by atoms with Crippen LogP contribution in [0.15, 0.2) is 42.5 Å². The van der Waals surface area contributed by atoms with E-state index in [1.165, 1.54) is 18.2 Å². The first-order valence-corrected chi connectivity index (χ1v) is 8.55. The summed E-state index contributed by atoms with van der Waals surface area (Å²) in [6, 6.07) is 9.35. The van der Waals surface area contributed by atoms with Crippen LogP contribution in [-0.4, -0.2) is 38.1 Å². The van der Waals surface area contributed by atoms with E-state index in [0.29, 0.717) is 0 Å². The molecule has 0 radical (unpaired) electrons. The van der Waals surface area contributed by atoms with Crippen molar-refractivity contribution in [3.63, 3.8) is 0 Å². The van der Waals surface area contributed by atoms with Gasteiger partial charge in [0.1, 0.15) is 5.82 Å². The van der Waals surface area contributed by atoms with Crippen molar-refractivity contribution in [2.24, 2.45) is 0 Å². The highest BCUT2D eigenvalue weighted by Crippen LogP contribution is 2.15. The molecular formula is C19H21F3N3O+. The Morgan fingerprint density at radius 1 is 1.04 bits per heavy atom. The number of hydrogen-bond acceptors (Lipinski definition) is 2. The van der Waals surface area contributed by atoms with E-state index < -0.39 is 11.6 Å². The molecule has 1 heterocycles. The normalized spacial score (nSPS) is 16.4. The monoisotopic (exact) mass is 364 g/mol. The molecular weight excluding hydrogens is 343 g/mol. The number of rotatable bonds is 4. The Kier molecular flexibility index (Phi) is 5.46. The van der Waals surface area contributed by atoms with Crippen molar-refractivity contribution >= 4 is 17.3 Å². The Bertz CT molecular complexity index is 774. The molecule has 7 heteroatoms. The first-order chi connectivity index (χ1) is 12.4. The standard InChI is InChI=1S/C19H20F3N3O/c1-13(19(26)23-15-4-7-17(21)18(22)12-15)24-8-10-25(11-9-24)16-5-2-14(20)3-6-16/h2-7,12-13H,8-11H2,1H3,(H,23,26)/p+1/t13-/m1/s1. The molecule has 0 unspecified atom stereocenters. The number of halogens is 3. The minimum absolute atomic E-state index is 0.235. The largest absolute Gasteiger partial charge is 0.360 e. The molecule has 0 aliphatic carbocycles. The maximum atomic E-state index is 13.3. The molecule has 0 saturated carbocycles. The third-order valence-electron chi connectivity index (χ3n) is 4.79. The van der Waals surface area contributed by atoms with Gasteiger partial charge in [-0.2, -0.15) is 0 Å². The van der Waals surface area contributed by atoms with Crippen molar-refractivity contribution in [2.45, 2.75) is 13.0 Å². The minimum atomic E-state index is -0.990. The summed E-state index contributed by atoms with van der Waals surface area (Å²) in [5, 5.41) is 2.63. The van der Waals surface area contributed by atoms with Crippen LogP contribution in [0, 0.1) is 17.5 Å². The van der Waals surface area contributed by atoms with Crippen molar-refractivity contribution in [1.29, 1.82) is 0 Å². The summed E-state index contributed by atoms with van der Waals surface area (Å²) in [4.78, 5) is 15.7. The van der Waals surface area contributed by atoms with E-state index in [0.717, 1.165) is 48.9 Å². The molecule has 4 nitrogen and oxygen atoms in total. The molecule has 26 heavy (non-hydrogen) atoms. The van der Waals surface area contributed by atoms with Crippen molar-refractivity contribution in [3.8, 4) is 0 Å². The number of benzene rings is 2. The smallest absolute Gasteiger partial charge is 0.282 e. The van der Waals surface area contributed by atoms with E-state index in [2.05, 4.69) is 10.2 Å². The summed E-state index contributed by atoms with van der Waals surface area (Å²) in [7, 11) is 0. The lowest BCUT2D eigenvalue weighted by molar-refractivity contribution is -0.914. The van der Waals surface area contributed by atoms with Crippen LogP contribution in [0.1, 0.15) is 6.92 Å². The first-order valence-electron chi connectivity index (χ1n) is 8.55. The molecule has 0 spiro atoms. The molecule has 0 bridgehead atoms. The summed E-state index contributed by atoms with van der Waals surface area (Å²) < 4.78 is 39.2. The molecule has 1 fully saturated rings. The summed E-state index contributed by atoms with van der Waals surface area (Å²) in [6.45, 7) is 4.83. The SMILES string of the molecule is C[C@H](C(=O)Nc1ccc(F)c(F)c1)[NH+]1CCN(c2ccc(F)cc2)CC1. The zero-order chi connectivity index (χ0) is 18.7. The molecule has 2 N–H and O–H groups in total. The van der Waals surface area contributed by atoms with Crippen LogP contribution in [-0.2, 0) is 4.79 Å². The Balaban J connectivity index is 1.55. The van der Waals surface area contributed by atoms with Gasteiger partial charge >= 0.3 is 0 Å². The van der Waals surface area contributed by atoms with E-state index in [1.807, 2.05) is 6.92 Å². The summed E-state index contributed by atoms with van der Waals surface area (Å²) >= 11 is 0. The van der Waals surface area contributed by atoms with Gasteiger partial charge < -0.3 is 15.1 Å². The van der Waals surface area contributed by atoms with Crippen LogP contribution in [0.5, 0.6) is 0 Å². The molecule has 2 aromatic rings. The van der Waals surface area contributed by atoms with Gasteiger partial charge in [-0.05, 0) is 43.3 Å². The predicted molar refractivity (Wildman–Crippen MR) is 93.8 cm³/mol. The zero-order valence-corrected chi connectivity index (χ0v) is 14.4. The Labute approximate surface area is 150 Å². The lowest BCUT2D eigenvalue weighted by Crippen LogP contribution is -3.19. The molecule has 1 atom stereocenters. The summed E-state index contributed by atoms with van der Waals surface area (Å²) in [5.74, 6) is -2.43. The van der Waals surface area contributed by atoms with Crippen molar-refractivity contribution in [3.05, 3.63) is 59.9 Å². The third-order valence-corrected chi connectivity index (χ3v) is 4.79. The molecule has 138 valence electrons. The second-order valence-electron chi connectivity index (χ2n) is 6.46. The number of hydrogen-bond donors (Lipinski definition) is 2. The van der Waals surface area contributed by atoms with E-state index in [9.17, 15) is 18.0 Å². The Morgan fingerprint density at radius 2 is 1.69 bits per heavy atom. The number of piperazine rings is 1. The van der Waals surface area contributed by atoms with Crippen LogP contribution in [0.2, 0.25) is 0 Å². The maximum Gasteiger partial charge on any atom is 0.282 e. The highest BCUT2D eigenvalue weighted by molar-refractivity contribution is 5.93. The second-order valence-corrected chi connectivity index (χ2v) is 6.46. The average molecular weight is 364 g/mol. The fourth-order valence-corrected chi connectivity index (χ4v) is 3.15. The van der Waals surface area contributed by atoms with Gasteiger partial charge in [0.05, 0.1) is 26.2 Å². The minimum Gasteiger partial charge on any atom is -0.360 e. The van der Waals surface area contributed by atoms with Gasteiger partial charge in [-0.25, -0.2) is 13.2 Å². The number of amides is 1. The van der Waals surface area contributed by atoms with Crippen LogP contribution in [0.3, 0.4) is 0 Å². The molecule has 2 aromatic carbocycles. The van der Waals surface area contributed by atoms with Crippen molar-refractivity contribution in [1.82, 2.24) is 0 Å².